The number of hydrogen-bond acceptors (Lipinski definition) is 6. The molecule has 0 aliphatic heterocycles. The van der Waals surface area contributed by atoms with Gasteiger partial charge in [0.2, 0.25) is 0 Å². The monoisotopic (exact) mass is 497 g/mol. The molecule has 2 rings (SSSR count). The van der Waals surface area contributed by atoms with Crippen molar-refractivity contribution in [2.75, 3.05) is 7.11 Å². The Labute approximate surface area is 216 Å². The molecule has 0 bridgehead atoms. The first kappa shape index (κ1) is 30.8. The molecule has 36 heavy (non-hydrogen) atoms. The van der Waals surface area contributed by atoms with Crippen molar-refractivity contribution in [3.8, 4) is 5.75 Å². The average molecular weight is 498 g/mol. The summed E-state index contributed by atoms with van der Waals surface area (Å²) in [5.41, 5.74) is 1.75. The minimum Gasteiger partial charge on any atom is -0.507 e. The topological polar surface area (TPSA) is 88.8 Å². The van der Waals surface area contributed by atoms with E-state index in [1.807, 2.05) is 13.0 Å². The zero-order valence-electron chi connectivity index (χ0n) is 22.9. The molecular weight excluding hydrogens is 454 g/mol. The summed E-state index contributed by atoms with van der Waals surface area (Å²) in [5, 5.41) is 12.9. The van der Waals surface area contributed by atoms with Crippen molar-refractivity contribution in [3.63, 3.8) is 0 Å². The summed E-state index contributed by atoms with van der Waals surface area (Å²) < 4.78 is 10.1. The number of aromatic hydroxyl groups is 1. The van der Waals surface area contributed by atoms with Crippen LogP contribution in [0.3, 0.4) is 0 Å². The maximum Gasteiger partial charge on any atom is 0.350 e. The van der Waals surface area contributed by atoms with Gasteiger partial charge in [-0.3, -0.25) is 4.79 Å². The van der Waals surface area contributed by atoms with E-state index < -0.39 is 11.4 Å². The van der Waals surface area contributed by atoms with Gasteiger partial charge >= 0.3 is 5.63 Å². The number of methoxy groups -OCH3 is 1. The zero-order chi connectivity index (χ0) is 27.3. The van der Waals surface area contributed by atoms with Crippen LogP contribution in [0.4, 0.5) is 0 Å². The lowest BCUT2D eigenvalue weighted by Crippen LogP contribution is -2.19. The van der Waals surface area contributed by atoms with Gasteiger partial charge in [0, 0.05) is 17.9 Å². The number of hydrogen-bond donors (Lipinski definition) is 2. The van der Waals surface area contributed by atoms with Crippen LogP contribution in [0, 0.1) is 18.8 Å². The van der Waals surface area contributed by atoms with E-state index in [0.29, 0.717) is 18.1 Å². The number of carbonyl (C=O) groups excluding carboxylic acids is 1. The standard InChI is InChI=1S/C18H25NO5.C12H18/c1-11(2)17(21)16-14(20)10-15(24-18(16)22)12(3)8-6-7-9-19-13(4)23-5;1-10(2)4-7-12-8-5-11(3)6-9-12/h7,9-12,19-20H,4,6,8H2,1-3,5H3;5-6,8-10H,4,7H2,1-3H3/b9-7+;. The van der Waals surface area contributed by atoms with Crippen molar-refractivity contribution in [2.45, 2.75) is 73.1 Å². The van der Waals surface area contributed by atoms with Crippen molar-refractivity contribution in [1.82, 2.24) is 5.32 Å². The van der Waals surface area contributed by atoms with Gasteiger partial charge in [0.25, 0.3) is 0 Å². The van der Waals surface area contributed by atoms with Gasteiger partial charge in [-0.2, -0.15) is 0 Å². The van der Waals surface area contributed by atoms with E-state index >= 15 is 0 Å². The van der Waals surface area contributed by atoms with Crippen LogP contribution in [0.25, 0.3) is 0 Å². The summed E-state index contributed by atoms with van der Waals surface area (Å²) >= 11 is 0. The number of aryl methyl sites for hydroxylation is 2. The van der Waals surface area contributed by atoms with Crippen LogP contribution >= 0.6 is 0 Å². The van der Waals surface area contributed by atoms with Gasteiger partial charge in [-0.25, -0.2) is 4.79 Å². The molecule has 198 valence electrons. The second-order valence-electron chi connectivity index (χ2n) is 9.79. The van der Waals surface area contributed by atoms with E-state index in [9.17, 15) is 14.7 Å². The Morgan fingerprint density at radius 3 is 2.31 bits per heavy atom. The molecule has 0 fully saturated rings. The highest BCUT2D eigenvalue weighted by Crippen LogP contribution is 2.25. The largest absolute Gasteiger partial charge is 0.507 e. The van der Waals surface area contributed by atoms with Gasteiger partial charge in [0.15, 0.2) is 11.7 Å². The van der Waals surface area contributed by atoms with Gasteiger partial charge in [-0.05, 0) is 56.9 Å². The van der Waals surface area contributed by atoms with Crippen LogP contribution < -0.4 is 10.9 Å². The van der Waals surface area contributed by atoms with E-state index in [1.165, 1.54) is 37.1 Å². The third-order valence-electron chi connectivity index (χ3n) is 5.71. The van der Waals surface area contributed by atoms with E-state index in [-0.39, 0.29) is 23.1 Å². The number of ketones is 1. The number of carbonyl (C=O) groups is 1. The van der Waals surface area contributed by atoms with E-state index in [1.54, 1.807) is 20.0 Å². The van der Waals surface area contributed by atoms with Crippen molar-refractivity contribution in [1.29, 1.82) is 0 Å². The summed E-state index contributed by atoms with van der Waals surface area (Å²) in [6.45, 7) is 15.5. The maximum atomic E-state index is 12.0. The molecule has 2 aromatic rings. The van der Waals surface area contributed by atoms with Crippen molar-refractivity contribution < 1.29 is 19.1 Å². The SMILES string of the molecule is C=C(N/C=C/CCC(C)c1cc(O)c(C(=O)C(C)C)c(=O)o1)OC.Cc1ccc(CCC(C)C)cc1. The minimum absolute atomic E-state index is 0.0814. The van der Waals surface area contributed by atoms with Crippen molar-refractivity contribution in [3.05, 3.63) is 87.9 Å². The lowest BCUT2D eigenvalue weighted by atomic mass is 9.99. The summed E-state index contributed by atoms with van der Waals surface area (Å²) in [7, 11) is 1.52. The normalized spacial score (nSPS) is 11.8. The third-order valence-corrected chi connectivity index (χ3v) is 5.71. The molecule has 1 aromatic heterocycles. The lowest BCUT2D eigenvalue weighted by Gasteiger charge is -2.11. The maximum absolute atomic E-state index is 12.0. The van der Waals surface area contributed by atoms with Crippen LogP contribution in [0.15, 0.2) is 64.3 Å². The van der Waals surface area contributed by atoms with Crippen LogP contribution in [-0.2, 0) is 11.2 Å². The Hall–Kier alpha value is -3.28. The summed E-state index contributed by atoms with van der Waals surface area (Å²) in [4.78, 5) is 23.9. The first-order valence-electron chi connectivity index (χ1n) is 12.6. The molecule has 1 atom stereocenters. The van der Waals surface area contributed by atoms with Crippen LogP contribution in [0.1, 0.15) is 87.0 Å². The van der Waals surface area contributed by atoms with Crippen molar-refractivity contribution >= 4 is 5.78 Å². The van der Waals surface area contributed by atoms with E-state index in [2.05, 4.69) is 56.9 Å². The molecule has 6 heteroatoms. The molecule has 0 aliphatic rings. The quantitative estimate of drug-likeness (QED) is 0.246. The molecule has 0 amide bonds. The molecule has 6 nitrogen and oxygen atoms in total. The first-order valence-corrected chi connectivity index (χ1v) is 12.6. The van der Waals surface area contributed by atoms with E-state index in [4.69, 9.17) is 9.15 Å². The Bertz CT molecular complexity index is 1050. The molecule has 1 unspecified atom stereocenters. The highest BCUT2D eigenvalue weighted by molar-refractivity contribution is 5.99. The Balaban J connectivity index is 0.000000450. The van der Waals surface area contributed by atoms with Gasteiger partial charge in [-0.1, -0.05) is 70.5 Å². The fourth-order valence-electron chi connectivity index (χ4n) is 3.25. The predicted molar refractivity (Wildman–Crippen MR) is 146 cm³/mol. The molecule has 0 radical (unpaired) electrons. The number of ether oxygens (including phenoxy) is 1. The Morgan fingerprint density at radius 1 is 1.14 bits per heavy atom. The fraction of sp³-hybridized carbons (Fsp3) is 0.467. The minimum atomic E-state index is -0.788. The highest BCUT2D eigenvalue weighted by atomic mass is 16.5. The second kappa shape index (κ2) is 15.7. The molecule has 2 N–H and O–H groups in total. The average Bonchev–Trinajstić information content (AvgIpc) is 2.82. The van der Waals surface area contributed by atoms with Crippen LogP contribution in [0.2, 0.25) is 0 Å². The molecule has 0 aliphatic carbocycles. The van der Waals surface area contributed by atoms with Gasteiger partial charge in [0.1, 0.15) is 17.1 Å². The summed E-state index contributed by atoms with van der Waals surface area (Å²) in [6.07, 6.45) is 7.56. The number of nitrogens with one attached hydrogen (secondary N) is 1. The molecule has 0 saturated heterocycles. The zero-order valence-corrected chi connectivity index (χ0v) is 22.9. The number of allylic oxidation sites excluding steroid dienone is 1. The molecule has 0 saturated carbocycles. The number of benzene rings is 1. The summed E-state index contributed by atoms with van der Waals surface area (Å²) in [5.74, 6) is 0.407. The van der Waals surface area contributed by atoms with E-state index in [0.717, 1.165) is 12.3 Å². The van der Waals surface area contributed by atoms with Gasteiger partial charge in [-0.15, -0.1) is 0 Å². The lowest BCUT2D eigenvalue weighted by molar-refractivity contribution is 0.0931. The van der Waals surface area contributed by atoms with Gasteiger partial charge in [0.05, 0.1) is 7.11 Å². The smallest absolute Gasteiger partial charge is 0.350 e. The highest BCUT2D eigenvalue weighted by Gasteiger charge is 2.22. The third kappa shape index (κ3) is 11.0. The molecule has 1 aromatic carbocycles. The fourth-order valence-corrected chi connectivity index (χ4v) is 3.25. The molecule has 1 heterocycles. The van der Waals surface area contributed by atoms with Crippen LogP contribution in [-0.4, -0.2) is 18.0 Å². The van der Waals surface area contributed by atoms with Gasteiger partial charge < -0.3 is 19.6 Å². The molecular formula is C30H43NO5. The predicted octanol–water partition coefficient (Wildman–Crippen LogP) is 6.87. The van der Waals surface area contributed by atoms with Crippen molar-refractivity contribution in [2.24, 2.45) is 11.8 Å². The summed E-state index contributed by atoms with van der Waals surface area (Å²) in [6, 6.07) is 10.2. The molecule has 0 spiro atoms. The Kier molecular flexibility index (Phi) is 13.4. The van der Waals surface area contributed by atoms with Crippen LogP contribution in [0.5, 0.6) is 5.75 Å². The second-order valence-corrected chi connectivity index (χ2v) is 9.79. The first-order chi connectivity index (χ1) is 17.0. The Morgan fingerprint density at radius 2 is 1.78 bits per heavy atom. The number of Topliss-reactive ketones (excluding diaryl/α,β-unsaturated/α-hetero) is 1. The number of rotatable bonds is 12.